The first-order chi connectivity index (χ1) is 8.95. The third kappa shape index (κ3) is 5.25. The van der Waals surface area contributed by atoms with E-state index in [2.05, 4.69) is 78.2 Å². The minimum Gasteiger partial charge on any atom is -0.313 e. The van der Waals surface area contributed by atoms with Crippen LogP contribution in [0.3, 0.4) is 0 Å². The third-order valence-electron chi connectivity index (χ3n) is 4.03. The van der Waals surface area contributed by atoms with Gasteiger partial charge >= 0.3 is 0 Å². The molecule has 0 saturated carbocycles. The first-order valence-corrected chi connectivity index (χ1v) is 7.88. The first-order valence-electron chi connectivity index (χ1n) is 7.08. The second-order valence-electron chi connectivity index (χ2n) is 5.65. The summed E-state index contributed by atoms with van der Waals surface area (Å²) < 4.78 is 1.15. The molecule has 1 rings (SSSR count). The van der Waals surface area contributed by atoms with Crippen LogP contribution in [0.15, 0.2) is 28.7 Å². The summed E-state index contributed by atoms with van der Waals surface area (Å²) in [4.78, 5) is 2.45. The summed E-state index contributed by atoms with van der Waals surface area (Å²) >= 11 is 3.54. The smallest absolute Gasteiger partial charge is 0.0330 e. The van der Waals surface area contributed by atoms with Crippen LogP contribution in [0.1, 0.15) is 38.8 Å². The highest BCUT2D eigenvalue weighted by atomic mass is 79.9. The predicted octanol–water partition coefficient (Wildman–Crippen LogP) is 4.08. The van der Waals surface area contributed by atoms with E-state index >= 15 is 0 Å². The van der Waals surface area contributed by atoms with Crippen LogP contribution < -0.4 is 5.32 Å². The molecule has 1 aromatic rings. The highest BCUT2D eigenvalue weighted by Gasteiger charge is 2.15. The van der Waals surface area contributed by atoms with Crippen LogP contribution in [-0.2, 0) is 0 Å². The second-order valence-corrected chi connectivity index (χ2v) is 6.57. The van der Waals surface area contributed by atoms with Gasteiger partial charge in [-0.05, 0) is 57.6 Å². The molecule has 0 bridgehead atoms. The van der Waals surface area contributed by atoms with Gasteiger partial charge in [0.2, 0.25) is 0 Å². The van der Waals surface area contributed by atoms with Gasteiger partial charge in [0.15, 0.2) is 0 Å². The van der Waals surface area contributed by atoms with Gasteiger partial charge < -0.3 is 10.2 Å². The lowest BCUT2D eigenvalue weighted by Gasteiger charge is -2.29. The van der Waals surface area contributed by atoms with Gasteiger partial charge in [-0.25, -0.2) is 0 Å². The van der Waals surface area contributed by atoms with E-state index in [-0.39, 0.29) is 0 Å². The van der Waals surface area contributed by atoms with Gasteiger partial charge in [-0.2, -0.15) is 0 Å². The van der Waals surface area contributed by atoms with Crippen molar-refractivity contribution < 1.29 is 0 Å². The molecule has 108 valence electrons. The lowest BCUT2D eigenvalue weighted by Crippen LogP contribution is -2.35. The molecule has 0 spiro atoms. The molecule has 1 aromatic carbocycles. The van der Waals surface area contributed by atoms with Crippen molar-refractivity contribution in [3.8, 4) is 0 Å². The van der Waals surface area contributed by atoms with E-state index in [0.717, 1.165) is 17.4 Å². The van der Waals surface area contributed by atoms with Gasteiger partial charge in [0.05, 0.1) is 0 Å². The summed E-state index contributed by atoms with van der Waals surface area (Å²) in [7, 11) is 4.26. The summed E-state index contributed by atoms with van der Waals surface area (Å²) in [6.45, 7) is 7.98. The van der Waals surface area contributed by atoms with E-state index in [9.17, 15) is 0 Å². The Morgan fingerprint density at radius 2 is 1.95 bits per heavy atom. The fraction of sp³-hybridized carbons (Fsp3) is 0.625. The number of nitrogens with one attached hydrogen (secondary N) is 1. The zero-order valence-electron chi connectivity index (χ0n) is 12.8. The van der Waals surface area contributed by atoms with Gasteiger partial charge in [-0.3, -0.25) is 0 Å². The van der Waals surface area contributed by atoms with Crippen LogP contribution >= 0.6 is 15.9 Å². The van der Waals surface area contributed by atoms with Gasteiger partial charge in [0.25, 0.3) is 0 Å². The maximum absolute atomic E-state index is 3.54. The van der Waals surface area contributed by atoms with Gasteiger partial charge in [-0.1, -0.05) is 41.9 Å². The summed E-state index contributed by atoms with van der Waals surface area (Å²) in [5, 5.41) is 3.42. The number of halogens is 1. The number of nitrogens with zero attached hydrogens (tertiary/aromatic N) is 1. The van der Waals surface area contributed by atoms with Crippen LogP contribution in [0, 0.1) is 5.92 Å². The highest BCUT2D eigenvalue weighted by molar-refractivity contribution is 9.10. The summed E-state index contributed by atoms with van der Waals surface area (Å²) in [5.74, 6) is 0.698. The van der Waals surface area contributed by atoms with Crippen LogP contribution in [0.25, 0.3) is 0 Å². The normalized spacial score (nSPS) is 14.9. The van der Waals surface area contributed by atoms with Gasteiger partial charge in [0.1, 0.15) is 0 Å². The molecule has 0 aliphatic carbocycles. The molecule has 1 N–H and O–H groups in total. The standard InChI is InChI=1S/C16H27BrN2/c1-12(2)13(3)19(5)10-9-16(18-4)14-7-6-8-15(17)11-14/h6-8,11-13,16,18H,9-10H2,1-5H3. The van der Waals surface area contributed by atoms with Crippen molar-refractivity contribution in [1.82, 2.24) is 10.2 Å². The number of benzene rings is 1. The van der Waals surface area contributed by atoms with Crippen LogP contribution in [0.5, 0.6) is 0 Å². The quantitative estimate of drug-likeness (QED) is 0.812. The zero-order chi connectivity index (χ0) is 14.4. The molecule has 3 heteroatoms. The molecule has 2 atom stereocenters. The Balaban J connectivity index is 2.58. The lowest BCUT2D eigenvalue weighted by molar-refractivity contribution is 0.199. The van der Waals surface area contributed by atoms with Crippen LogP contribution in [-0.4, -0.2) is 31.6 Å². The number of hydrogen-bond acceptors (Lipinski definition) is 2. The van der Waals surface area contributed by atoms with Crippen molar-refractivity contribution in [2.75, 3.05) is 20.6 Å². The molecule has 0 saturated heterocycles. The molecule has 2 nitrogen and oxygen atoms in total. The number of rotatable bonds is 7. The van der Waals surface area contributed by atoms with Crippen molar-refractivity contribution in [3.63, 3.8) is 0 Å². The molecular weight excluding hydrogens is 300 g/mol. The average molecular weight is 327 g/mol. The van der Waals surface area contributed by atoms with Crippen molar-refractivity contribution in [1.29, 1.82) is 0 Å². The van der Waals surface area contributed by atoms with E-state index in [0.29, 0.717) is 18.0 Å². The zero-order valence-corrected chi connectivity index (χ0v) is 14.4. The third-order valence-corrected chi connectivity index (χ3v) is 4.52. The molecule has 0 aromatic heterocycles. The highest BCUT2D eigenvalue weighted by Crippen LogP contribution is 2.21. The molecule has 2 unspecified atom stereocenters. The van der Waals surface area contributed by atoms with Crippen molar-refractivity contribution in [2.24, 2.45) is 5.92 Å². The molecular formula is C16H27BrN2. The Bertz CT molecular complexity index is 379. The Morgan fingerprint density at radius 1 is 1.26 bits per heavy atom. The Hall–Kier alpha value is -0.380. The first kappa shape index (κ1) is 16.7. The minimum absolute atomic E-state index is 0.416. The molecule has 0 aliphatic rings. The van der Waals surface area contributed by atoms with Crippen LogP contribution in [0.4, 0.5) is 0 Å². The maximum Gasteiger partial charge on any atom is 0.0330 e. The summed E-state index contributed by atoms with van der Waals surface area (Å²) in [5.41, 5.74) is 1.35. The topological polar surface area (TPSA) is 15.3 Å². The lowest BCUT2D eigenvalue weighted by atomic mass is 10.0. The Kier molecular flexibility index (Phi) is 7.05. The van der Waals surface area contributed by atoms with Gasteiger partial charge in [-0.15, -0.1) is 0 Å². The second kappa shape index (κ2) is 8.03. The van der Waals surface area contributed by atoms with E-state index in [4.69, 9.17) is 0 Å². The summed E-state index contributed by atoms with van der Waals surface area (Å²) in [6.07, 6.45) is 1.13. The number of hydrogen-bond donors (Lipinski definition) is 1. The van der Waals surface area contributed by atoms with E-state index in [1.54, 1.807) is 0 Å². The maximum atomic E-state index is 3.54. The molecule has 0 fully saturated rings. The predicted molar refractivity (Wildman–Crippen MR) is 87.5 cm³/mol. The molecule has 0 aliphatic heterocycles. The Labute approximate surface area is 126 Å². The molecule has 0 amide bonds. The van der Waals surface area contributed by atoms with Crippen molar-refractivity contribution in [2.45, 2.75) is 39.3 Å². The summed E-state index contributed by atoms with van der Waals surface area (Å²) in [6, 6.07) is 9.61. The van der Waals surface area contributed by atoms with Crippen molar-refractivity contribution in [3.05, 3.63) is 34.3 Å². The van der Waals surface area contributed by atoms with E-state index < -0.39 is 0 Å². The van der Waals surface area contributed by atoms with Crippen LogP contribution in [0.2, 0.25) is 0 Å². The molecule has 19 heavy (non-hydrogen) atoms. The molecule has 0 heterocycles. The minimum atomic E-state index is 0.416. The monoisotopic (exact) mass is 326 g/mol. The fourth-order valence-corrected chi connectivity index (χ4v) is 2.66. The van der Waals surface area contributed by atoms with Crippen molar-refractivity contribution >= 4 is 15.9 Å². The largest absolute Gasteiger partial charge is 0.313 e. The SMILES string of the molecule is CNC(CCN(C)C(C)C(C)C)c1cccc(Br)c1. The van der Waals surface area contributed by atoms with E-state index in [1.807, 2.05) is 7.05 Å². The average Bonchev–Trinajstić information content (AvgIpc) is 2.38. The van der Waals surface area contributed by atoms with Gasteiger partial charge in [0, 0.05) is 16.6 Å². The molecule has 0 radical (unpaired) electrons. The Morgan fingerprint density at radius 3 is 2.47 bits per heavy atom. The fourth-order valence-electron chi connectivity index (χ4n) is 2.25. The van der Waals surface area contributed by atoms with E-state index in [1.165, 1.54) is 5.56 Å².